The molecule has 0 fully saturated rings. The molecule has 0 spiro atoms. The molecule has 0 saturated heterocycles. The molecule has 0 aliphatic rings. The van der Waals surface area contributed by atoms with Gasteiger partial charge < -0.3 is 5.32 Å². The molecule has 5 nitrogen and oxygen atoms in total. The smallest absolute Gasteiger partial charge is 0.241 e. The molecule has 2 aromatic rings. The summed E-state index contributed by atoms with van der Waals surface area (Å²) >= 11 is 2.11. The van der Waals surface area contributed by atoms with Gasteiger partial charge in [-0.25, -0.2) is 8.42 Å². The normalized spacial score (nSPS) is 13.2. The van der Waals surface area contributed by atoms with Crippen molar-refractivity contribution in [2.24, 2.45) is 0 Å². The molecule has 0 aliphatic carbocycles. The summed E-state index contributed by atoms with van der Waals surface area (Å²) in [6.45, 7) is 5.58. The monoisotopic (exact) mass is 486 g/mol. The van der Waals surface area contributed by atoms with Gasteiger partial charge in [0, 0.05) is 9.11 Å². The number of carbonyl (C=O) groups excluding carboxylic acids is 1. The maximum Gasteiger partial charge on any atom is 0.241 e. The van der Waals surface area contributed by atoms with Crippen molar-refractivity contribution in [3.05, 3.63) is 63.7 Å². The predicted octanol–water partition coefficient (Wildman–Crippen LogP) is 3.10. The van der Waals surface area contributed by atoms with Crippen LogP contribution in [0, 0.1) is 3.57 Å². The zero-order valence-corrected chi connectivity index (χ0v) is 18.0. The van der Waals surface area contributed by atoms with Gasteiger partial charge in [-0.05, 0) is 79.6 Å². The Morgan fingerprint density at radius 3 is 2.15 bits per heavy atom. The fourth-order valence-electron chi connectivity index (χ4n) is 2.36. The van der Waals surface area contributed by atoms with Crippen LogP contribution in [-0.2, 0) is 21.2 Å². The van der Waals surface area contributed by atoms with Crippen LogP contribution in [0.4, 0.5) is 0 Å². The van der Waals surface area contributed by atoms with E-state index in [-0.39, 0.29) is 17.2 Å². The van der Waals surface area contributed by atoms with E-state index in [1.54, 1.807) is 12.1 Å². The summed E-state index contributed by atoms with van der Waals surface area (Å²) < 4.78 is 28.9. The standard InChI is InChI=1S/C19H23IN2O3S/c1-19(2,3)21-18(23)17(13-14-7-5-4-6-8-14)22-26(24,25)16-11-9-15(20)10-12-16/h4-12,17,22H,13H2,1-3H3,(H,21,23)/t17-/m0/s1. The van der Waals surface area contributed by atoms with Crippen molar-refractivity contribution in [1.29, 1.82) is 0 Å². The molecule has 1 amide bonds. The number of sulfonamides is 1. The fourth-order valence-corrected chi connectivity index (χ4v) is 3.92. The van der Waals surface area contributed by atoms with Crippen LogP contribution < -0.4 is 10.0 Å². The number of hydrogen-bond donors (Lipinski definition) is 2. The van der Waals surface area contributed by atoms with Crippen LogP contribution in [0.1, 0.15) is 26.3 Å². The van der Waals surface area contributed by atoms with E-state index in [0.717, 1.165) is 9.13 Å². The molecule has 2 aromatic carbocycles. The molecule has 26 heavy (non-hydrogen) atoms. The average Bonchev–Trinajstić information content (AvgIpc) is 2.54. The minimum Gasteiger partial charge on any atom is -0.350 e. The Kier molecular flexibility index (Phi) is 6.81. The Morgan fingerprint density at radius 1 is 1.04 bits per heavy atom. The Bertz CT molecular complexity index is 845. The number of amides is 1. The number of benzene rings is 2. The summed E-state index contributed by atoms with van der Waals surface area (Å²) in [6.07, 6.45) is 0.270. The van der Waals surface area contributed by atoms with Crippen molar-refractivity contribution < 1.29 is 13.2 Å². The van der Waals surface area contributed by atoms with Gasteiger partial charge in [0.25, 0.3) is 0 Å². The number of nitrogens with one attached hydrogen (secondary N) is 2. The van der Waals surface area contributed by atoms with Crippen molar-refractivity contribution in [3.63, 3.8) is 0 Å². The first-order valence-corrected chi connectivity index (χ1v) is 10.8. The predicted molar refractivity (Wildman–Crippen MR) is 111 cm³/mol. The third-order valence-electron chi connectivity index (χ3n) is 3.52. The SMILES string of the molecule is CC(C)(C)NC(=O)[C@H](Cc1ccccc1)NS(=O)(=O)c1ccc(I)cc1. The van der Waals surface area contributed by atoms with Crippen LogP contribution in [0.15, 0.2) is 59.5 Å². The van der Waals surface area contributed by atoms with Crippen LogP contribution >= 0.6 is 22.6 Å². The van der Waals surface area contributed by atoms with E-state index in [0.29, 0.717) is 0 Å². The van der Waals surface area contributed by atoms with Crippen LogP contribution in [0.5, 0.6) is 0 Å². The highest BCUT2D eigenvalue weighted by molar-refractivity contribution is 14.1. The number of carbonyl (C=O) groups is 1. The molecule has 0 aromatic heterocycles. The van der Waals surface area contributed by atoms with Gasteiger partial charge in [-0.1, -0.05) is 30.3 Å². The number of halogens is 1. The highest BCUT2D eigenvalue weighted by Gasteiger charge is 2.28. The quantitative estimate of drug-likeness (QED) is 0.617. The largest absolute Gasteiger partial charge is 0.350 e. The molecule has 0 unspecified atom stereocenters. The lowest BCUT2D eigenvalue weighted by atomic mass is 10.0. The van der Waals surface area contributed by atoms with E-state index in [9.17, 15) is 13.2 Å². The third kappa shape index (κ3) is 6.37. The maximum atomic E-state index is 12.7. The Labute approximate surface area is 168 Å². The second-order valence-corrected chi connectivity index (χ2v) is 10.0. The van der Waals surface area contributed by atoms with Crippen LogP contribution in [0.3, 0.4) is 0 Å². The Hall–Kier alpha value is -1.45. The van der Waals surface area contributed by atoms with E-state index in [1.165, 1.54) is 12.1 Å². The molecule has 1 atom stereocenters. The van der Waals surface area contributed by atoms with Gasteiger partial charge in [-0.15, -0.1) is 0 Å². The topological polar surface area (TPSA) is 75.3 Å². The van der Waals surface area contributed by atoms with Gasteiger partial charge in [-0.2, -0.15) is 4.72 Å². The highest BCUT2D eigenvalue weighted by Crippen LogP contribution is 2.14. The molecule has 2 N–H and O–H groups in total. The zero-order valence-electron chi connectivity index (χ0n) is 15.0. The summed E-state index contributed by atoms with van der Waals surface area (Å²) in [5, 5.41) is 2.86. The molecular weight excluding hydrogens is 463 g/mol. The summed E-state index contributed by atoms with van der Waals surface area (Å²) in [5.74, 6) is -0.351. The Morgan fingerprint density at radius 2 is 1.62 bits per heavy atom. The molecule has 0 heterocycles. The molecule has 140 valence electrons. The van der Waals surface area contributed by atoms with Crippen molar-refractivity contribution in [3.8, 4) is 0 Å². The van der Waals surface area contributed by atoms with Crippen molar-refractivity contribution in [1.82, 2.24) is 10.0 Å². The van der Waals surface area contributed by atoms with E-state index < -0.39 is 21.6 Å². The van der Waals surface area contributed by atoms with Crippen molar-refractivity contribution >= 4 is 38.5 Å². The second-order valence-electron chi connectivity index (χ2n) is 7.06. The zero-order chi connectivity index (χ0) is 19.4. The molecule has 0 saturated carbocycles. The lowest BCUT2D eigenvalue weighted by Crippen LogP contribution is -2.52. The van der Waals surface area contributed by atoms with E-state index in [1.807, 2.05) is 51.1 Å². The van der Waals surface area contributed by atoms with Crippen molar-refractivity contribution in [2.75, 3.05) is 0 Å². The van der Waals surface area contributed by atoms with Gasteiger partial charge in [0.1, 0.15) is 6.04 Å². The van der Waals surface area contributed by atoms with Gasteiger partial charge in [-0.3, -0.25) is 4.79 Å². The van der Waals surface area contributed by atoms with Gasteiger partial charge >= 0.3 is 0 Å². The summed E-state index contributed by atoms with van der Waals surface area (Å²) in [6, 6.07) is 14.9. The molecular formula is C19H23IN2O3S. The maximum absolute atomic E-state index is 12.7. The Balaban J connectivity index is 2.27. The average molecular weight is 486 g/mol. The minimum absolute atomic E-state index is 0.138. The number of hydrogen-bond acceptors (Lipinski definition) is 3. The molecule has 7 heteroatoms. The van der Waals surface area contributed by atoms with Crippen molar-refractivity contribution in [2.45, 2.75) is 43.7 Å². The first-order chi connectivity index (χ1) is 12.1. The lowest BCUT2D eigenvalue weighted by Gasteiger charge is -2.25. The first kappa shape index (κ1) is 20.9. The first-order valence-electron chi connectivity index (χ1n) is 8.21. The molecule has 0 radical (unpaired) electrons. The van der Waals surface area contributed by atoms with Gasteiger partial charge in [0.2, 0.25) is 15.9 Å². The summed E-state index contributed by atoms with van der Waals surface area (Å²) in [5.41, 5.74) is 0.423. The van der Waals surface area contributed by atoms with E-state index in [4.69, 9.17) is 0 Å². The van der Waals surface area contributed by atoms with E-state index in [2.05, 4.69) is 32.6 Å². The molecule has 0 bridgehead atoms. The second kappa shape index (κ2) is 8.49. The van der Waals surface area contributed by atoms with Crippen LogP contribution in [0.2, 0.25) is 0 Å². The molecule has 2 rings (SSSR count). The lowest BCUT2D eigenvalue weighted by molar-refractivity contribution is -0.124. The third-order valence-corrected chi connectivity index (χ3v) is 5.73. The molecule has 0 aliphatic heterocycles. The highest BCUT2D eigenvalue weighted by atomic mass is 127. The number of rotatable bonds is 6. The van der Waals surface area contributed by atoms with Gasteiger partial charge in [0.05, 0.1) is 4.90 Å². The summed E-state index contributed by atoms with van der Waals surface area (Å²) in [4.78, 5) is 12.8. The van der Waals surface area contributed by atoms with Gasteiger partial charge in [0.15, 0.2) is 0 Å². The van der Waals surface area contributed by atoms with Crippen LogP contribution in [-0.4, -0.2) is 25.9 Å². The van der Waals surface area contributed by atoms with Crippen LogP contribution in [0.25, 0.3) is 0 Å². The summed E-state index contributed by atoms with van der Waals surface area (Å²) in [7, 11) is -3.81. The van der Waals surface area contributed by atoms with E-state index >= 15 is 0 Å². The minimum atomic E-state index is -3.81. The fraction of sp³-hybridized carbons (Fsp3) is 0.316.